The van der Waals surface area contributed by atoms with Gasteiger partial charge in [-0.15, -0.1) is 0 Å². The van der Waals surface area contributed by atoms with Crippen LogP contribution in [0.2, 0.25) is 0 Å². The Morgan fingerprint density at radius 2 is 1.65 bits per heavy atom. The van der Waals surface area contributed by atoms with E-state index >= 15 is 0 Å². The zero-order valence-electron chi connectivity index (χ0n) is 17.5. The second-order valence-electron chi connectivity index (χ2n) is 7.75. The van der Waals surface area contributed by atoms with Gasteiger partial charge in [-0.3, -0.25) is 14.2 Å². The van der Waals surface area contributed by atoms with Gasteiger partial charge in [0.2, 0.25) is 0 Å². The fraction of sp³-hybridized carbons (Fsp3) is 0.192. The predicted molar refractivity (Wildman–Crippen MR) is 123 cm³/mol. The number of amides is 1. The van der Waals surface area contributed by atoms with Crippen molar-refractivity contribution in [2.24, 2.45) is 0 Å². The van der Waals surface area contributed by atoms with E-state index in [-0.39, 0.29) is 23.1 Å². The molecule has 2 aromatic carbocycles. The summed E-state index contributed by atoms with van der Waals surface area (Å²) < 4.78 is 1.58. The number of carbonyl (C=O) groups excluding carboxylic acids is 1. The molecule has 0 aliphatic carbocycles. The number of hydrogen-bond acceptors (Lipinski definition) is 3. The van der Waals surface area contributed by atoms with Gasteiger partial charge in [-0.05, 0) is 49.1 Å². The fourth-order valence-corrected chi connectivity index (χ4v) is 3.68. The minimum Gasteiger partial charge on any atom is -0.349 e. The molecule has 4 aromatic rings. The van der Waals surface area contributed by atoms with E-state index in [1.165, 1.54) is 5.56 Å². The molecule has 0 saturated carbocycles. The highest BCUT2D eigenvalue weighted by Gasteiger charge is 2.18. The minimum absolute atomic E-state index is 0.0562. The lowest BCUT2D eigenvalue weighted by atomic mass is 10.1. The van der Waals surface area contributed by atoms with Crippen LogP contribution >= 0.6 is 0 Å². The SMILES string of the molecule is CC(CCc1ccccc1)NC(=O)c1cc2cccnc2n(Cc2ccccc2)c1=O. The van der Waals surface area contributed by atoms with Gasteiger partial charge in [0.15, 0.2) is 0 Å². The molecule has 4 rings (SSSR count). The van der Waals surface area contributed by atoms with Gasteiger partial charge in [-0.1, -0.05) is 60.7 Å². The number of pyridine rings is 2. The van der Waals surface area contributed by atoms with Crippen LogP contribution in [0.15, 0.2) is 89.9 Å². The summed E-state index contributed by atoms with van der Waals surface area (Å²) in [6, 6.07) is 25.1. The Hall–Kier alpha value is -3.73. The van der Waals surface area contributed by atoms with E-state index in [1.54, 1.807) is 16.8 Å². The molecule has 1 N–H and O–H groups in total. The monoisotopic (exact) mass is 411 g/mol. The van der Waals surface area contributed by atoms with E-state index in [0.29, 0.717) is 12.2 Å². The zero-order valence-corrected chi connectivity index (χ0v) is 17.5. The van der Waals surface area contributed by atoms with Crippen LogP contribution in [0, 0.1) is 0 Å². The number of rotatable bonds is 7. The van der Waals surface area contributed by atoms with E-state index in [9.17, 15) is 9.59 Å². The summed E-state index contributed by atoms with van der Waals surface area (Å²) >= 11 is 0. The maximum absolute atomic E-state index is 13.3. The zero-order chi connectivity index (χ0) is 21.6. The van der Waals surface area contributed by atoms with Crippen LogP contribution in [0.3, 0.4) is 0 Å². The van der Waals surface area contributed by atoms with Crippen molar-refractivity contribution < 1.29 is 4.79 Å². The molecular weight excluding hydrogens is 386 g/mol. The number of fused-ring (bicyclic) bond motifs is 1. The lowest BCUT2D eigenvalue weighted by molar-refractivity contribution is 0.0936. The summed E-state index contributed by atoms with van der Waals surface area (Å²) in [5, 5.41) is 3.75. The van der Waals surface area contributed by atoms with Crippen molar-refractivity contribution >= 4 is 16.9 Å². The Kier molecular flexibility index (Phi) is 6.22. The van der Waals surface area contributed by atoms with E-state index in [1.807, 2.05) is 67.6 Å². The smallest absolute Gasteiger partial charge is 0.265 e. The molecule has 5 heteroatoms. The lowest BCUT2D eigenvalue weighted by Gasteiger charge is -2.16. The first-order valence-corrected chi connectivity index (χ1v) is 10.5. The standard InChI is InChI=1S/C26H25N3O2/c1-19(14-15-20-9-4-2-5-10-20)28-25(30)23-17-22-13-8-16-27-24(22)29(26(23)31)18-21-11-6-3-7-12-21/h2-13,16-17,19H,14-15,18H2,1H3,(H,28,30). The molecule has 31 heavy (non-hydrogen) atoms. The second kappa shape index (κ2) is 9.39. The molecule has 0 bridgehead atoms. The maximum Gasteiger partial charge on any atom is 0.265 e. The highest BCUT2D eigenvalue weighted by atomic mass is 16.2. The quantitative estimate of drug-likeness (QED) is 0.496. The van der Waals surface area contributed by atoms with Crippen LogP contribution in [0.1, 0.15) is 34.8 Å². The third-order valence-electron chi connectivity index (χ3n) is 5.36. The van der Waals surface area contributed by atoms with Crippen LogP contribution < -0.4 is 10.9 Å². The topological polar surface area (TPSA) is 64.0 Å². The fourth-order valence-electron chi connectivity index (χ4n) is 3.68. The van der Waals surface area contributed by atoms with Crippen LogP contribution in [0.5, 0.6) is 0 Å². The highest BCUT2D eigenvalue weighted by molar-refractivity contribution is 5.97. The number of nitrogens with zero attached hydrogens (tertiary/aromatic N) is 2. The maximum atomic E-state index is 13.3. The first-order chi connectivity index (χ1) is 15.1. The van der Waals surface area contributed by atoms with Gasteiger partial charge in [0.1, 0.15) is 11.2 Å². The summed E-state index contributed by atoms with van der Waals surface area (Å²) in [4.78, 5) is 30.6. The van der Waals surface area contributed by atoms with Crippen molar-refractivity contribution in [1.29, 1.82) is 0 Å². The van der Waals surface area contributed by atoms with E-state index < -0.39 is 0 Å². The molecule has 0 saturated heterocycles. The molecule has 1 amide bonds. The molecule has 0 aliphatic heterocycles. The number of hydrogen-bond donors (Lipinski definition) is 1. The number of carbonyl (C=O) groups is 1. The van der Waals surface area contributed by atoms with Crippen molar-refractivity contribution in [1.82, 2.24) is 14.9 Å². The van der Waals surface area contributed by atoms with Crippen LogP contribution in [0.4, 0.5) is 0 Å². The van der Waals surface area contributed by atoms with Crippen molar-refractivity contribution in [2.45, 2.75) is 32.4 Å². The Balaban J connectivity index is 1.58. The Labute approximate surface area is 181 Å². The Morgan fingerprint density at radius 3 is 2.35 bits per heavy atom. The summed E-state index contributed by atoms with van der Waals surface area (Å²) in [5.74, 6) is -0.349. The van der Waals surface area contributed by atoms with Gasteiger partial charge < -0.3 is 5.32 Å². The number of aromatic nitrogens is 2. The van der Waals surface area contributed by atoms with Crippen LogP contribution in [0.25, 0.3) is 11.0 Å². The van der Waals surface area contributed by atoms with Crippen molar-refractivity contribution in [3.8, 4) is 0 Å². The average Bonchev–Trinajstić information content (AvgIpc) is 2.80. The Bertz CT molecular complexity index is 1230. The third kappa shape index (κ3) is 4.89. The Morgan fingerprint density at radius 1 is 0.968 bits per heavy atom. The predicted octanol–water partition coefficient (Wildman–Crippen LogP) is 4.20. The lowest BCUT2D eigenvalue weighted by Crippen LogP contribution is -2.38. The highest BCUT2D eigenvalue weighted by Crippen LogP contribution is 2.13. The molecular formula is C26H25N3O2. The van der Waals surface area contributed by atoms with Crippen molar-refractivity contribution in [3.05, 3.63) is 112 Å². The van der Waals surface area contributed by atoms with Crippen molar-refractivity contribution in [3.63, 3.8) is 0 Å². The molecule has 156 valence electrons. The first-order valence-electron chi connectivity index (χ1n) is 10.5. The molecule has 2 heterocycles. The largest absolute Gasteiger partial charge is 0.349 e. The van der Waals surface area contributed by atoms with Gasteiger partial charge in [0.05, 0.1) is 6.54 Å². The van der Waals surface area contributed by atoms with E-state index in [2.05, 4.69) is 22.4 Å². The average molecular weight is 412 g/mol. The third-order valence-corrected chi connectivity index (χ3v) is 5.36. The van der Waals surface area contributed by atoms with Crippen molar-refractivity contribution in [2.75, 3.05) is 0 Å². The van der Waals surface area contributed by atoms with Crippen LogP contribution in [-0.2, 0) is 13.0 Å². The summed E-state index contributed by atoms with van der Waals surface area (Å²) in [6.45, 7) is 2.32. The molecule has 0 spiro atoms. The van der Waals surface area contributed by atoms with Crippen LogP contribution in [-0.4, -0.2) is 21.5 Å². The molecule has 1 atom stereocenters. The van der Waals surface area contributed by atoms with Gasteiger partial charge in [-0.25, -0.2) is 4.98 Å². The van der Waals surface area contributed by atoms with Gasteiger partial charge in [0, 0.05) is 17.6 Å². The van der Waals surface area contributed by atoms with Gasteiger partial charge in [0.25, 0.3) is 11.5 Å². The van der Waals surface area contributed by atoms with E-state index in [4.69, 9.17) is 0 Å². The molecule has 0 radical (unpaired) electrons. The summed E-state index contributed by atoms with van der Waals surface area (Å²) in [5.41, 5.74) is 2.59. The summed E-state index contributed by atoms with van der Waals surface area (Å²) in [6.07, 6.45) is 3.32. The molecule has 2 aromatic heterocycles. The molecule has 5 nitrogen and oxygen atoms in total. The normalized spacial score (nSPS) is 11.9. The first kappa shape index (κ1) is 20.5. The molecule has 1 unspecified atom stereocenters. The number of nitrogens with one attached hydrogen (secondary N) is 1. The summed E-state index contributed by atoms with van der Waals surface area (Å²) in [7, 11) is 0. The van der Waals surface area contributed by atoms with E-state index in [0.717, 1.165) is 23.8 Å². The van der Waals surface area contributed by atoms with Gasteiger partial charge in [-0.2, -0.15) is 0 Å². The number of aryl methyl sites for hydroxylation is 1. The minimum atomic E-state index is -0.349. The molecule has 0 aliphatic rings. The number of benzene rings is 2. The second-order valence-corrected chi connectivity index (χ2v) is 7.75. The van der Waals surface area contributed by atoms with Gasteiger partial charge >= 0.3 is 0 Å². The molecule has 0 fully saturated rings.